The molecule has 3 aromatic rings. The summed E-state index contributed by atoms with van der Waals surface area (Å²) in [4.78, 5) is 4.41. The third-order valence-electron chi connectivity index (χ3n) is 3.43. The minimum absolute atomic E-state index is 0.189. The highest BCUT2D eigenvalue weighted by Crippen LogP contribution is 2.21. The molecule has 102 valence electrons. The van der Waals surface area contributed by atoms with Crippen LogP contribution in [0.15, 0.2) is 48.8 Å². The van der Waals surface area contributed by atoms with Crippen molar-refractivity contribution < 1.29 is 4.39 Å². The van der Waals surface area contributed by atoms with Crippen molar-refractivity contribution in [3.05, 3.63) is 65.7 Å². The van der Waals surface area contributed by atoms with E-state index in [1.54, 1.807) is 18.3 Å². The lowest BCUT2D eigenvalue weighted by atomic mass is 10.2. The molecular formula is C16H16FN3. The Morgan fingerprint density at radius 2 is 1.95 bits per heavy atom. The zero-order valence-electron chi connectivity index (χ0n) is 11.1. The molecule has 0 atom stereocenters. The van der Waals surface area contributed by atoms with Crippen LogP contribution >= 0.6 is 0 Å². The van der Waals surface area contributed by atoms with Crippen molar-refractivity contribution in [3.8, 4) is 0 Å². The van der Waals surface area contributed by atoms with Gasteiger partial charge in [0.15, 0.2) is 0 Å². The van der Waals surface area contributed by atoms with Crippen LogP contribution in [0.3, 0.4) is 0 Å². The maximum Gasteiger partial charge on any atom is 0.140 e. The molecule has 1 aromatic carbocycles. The van der Waals surface area contributed by atoms with Gasteiger partial charge >= 0.3 is 0 Å². The molecule has 2 heterocycles. The van der Waals surface area contributed by atoms with E-state index in [1.807, 2.05) is 29.0 Å². The van der Waals surface area contributed by atoms with Crippen molar-refractivity contribution in [3.63, 3.8) is 0 Å². The first-order chi connectivity index (χ1) is 9.79. The van der Waals surface area contributed by atoms with E-state index in [1.165, 1.54) is 6.07 Å². The van der Waals surface area contributed by atoms with Gasteiger partial charge in [0.2, 0.25) is 0 Å². The predicted molar refractivity (Wildman–Crippen MR) is 78.0 cm³/mol. The summed E-state index contributed by atoms with van der Waals surface area (Å²) in [7, 11) is 0. The number of halogens is 1. The molecule has 2 N–H and O–H groups in total. The number of hydrogen-bond donors (Lipinski definition) is 1. The van der Waals surface area contributed by atoms with E-state index in [0.29, 0.717) is 18.7 Å². The summed E-state index contributed by atoms with van der Waals surface area (Å²) in [6.45, 7) is 1.07. The number of rotatable bonds is 4. The predicted octanol–water partition coefficient (Wildman–Crippen LogP) is 2.72. The number of benzene rings is 1. The topological polar surface area (TPSA) is 43.8 Å². The van der Waals surface area contributed by atoms with Gasteiger partial charge in [0, 0.05) is 23.3 Å². The largest absolute Gasteiger partial charge is 0.330 e. The molecule has 0 unspecified atom stereocenters. The molecule has 0 saturated carbocycles. The molecule has 0 aliphatic carbocycles. The van der Waals surface area contributed by atoms with Crippen molar-refractivity contribution in [2.45, 2.75) is 13.0 Å². The molecule has 0 radical (unpaired) electrons. The Hall–Kier alpha value is -2.20. The lowest BCUT2D eigenvalue weighted by molar-refractivity contribution is 0.601. The normalized spacial score (nSPS) is 11.1. The minimum atomic E-state index is -0.189. The van der Waals surface area contributed by atoms with Gasteiger partial charge < -0.3 is 10.3 Å². The number of fused-ring (bicyclic) bond motifs is 1. The summed E-state index contributed by atoms with van der Waals surface area (Å²) in [5, 5.41) is 1.09. The van der Waals surface area contributed by atoms with Crippen LogP contribution < -0.4 is 5.73 Å². The second-order valence-electron chi connectivity index (χ2n) is 4.79. The Bertz CT molecular complexity index is 733. The van der Waals surface area contributed by atoms with Gasteiger partial charge in [-0.15, -0.1) is 0 Å². The van der Waals surface area contributed by atoms with E-state index in [-0.39, 0.29) is 5.82 Å². The first kappa shape index (κ1) is 12.8. The zero-order chi connectivity index (χ0) is 13.9. The van der Waals surface area contributed by atoms with Crippen LogP contribution in [-0.4, -0.2) is 16.1 Å². The fourth-order valence-electron chi connectivity index (χ4n) is 2.48. The van der Waals surface area contributed by atoms with Gasteiger partial charge in [-0.3, -0.25) is 0 Å². The van der Waals surface area contributed by atoms with Crippen molar-refractivity contribution in [2.24, 2.45) is 5.73 Å². The van der Waals surface area contributed by atoms with Gasteiger partial charge in [0.1, 0.15) is 11.5 Å². The van der Waals surface area contributed by atoms with Gasteiger partial charge in [0.05, 0.1) is 6.54 Å². The van der Waals surface area contributed by atoms with E-state index < -0.39 is 0 Å². The maximum absolute atomic E-state index is 13.8. The molecule has 0 saturated heterocycles. The van der Waals surface area contributed by atoms with Crippen LogP contribution in [-0.2, 0) is 13.0 Å². The summed E-state index contributed by atoms with van der Waals surface area (Å²) in [6.07, 6.45) is 4.58. The Morgan fingerprint density at radius 3 is 2.75 bits per heavy atom. The SMILES string of the molecule is NCCc1cn(Cc2ccccc2F)c2ncccc12. The summed E-state index contributed by atoms with van der Waals surface area (Å²) in [6, 6.07) is 10.8. The molecule has 4 heteroatoms. The van der Waals surface area contributed by atoms with Gasteiger partial charge in [-0.25, -0.2) is 9.37 Å². The third kappa shape index (κ3) is 2.30. The summed E-state index contributed by atoms with van der Waals surface area (Å²) >= 11 is 0. The van der Waals surface area contributed by atoms with Crippen LogP contribution in [0, 0.1) is 5.82 Å². The Balaban J connectivity index is 2.05. The first-order valence-corrected chi connectivity index (χ1v) is 6.66. The average Bonchev–Trinajstić information content (AvgIpc) is 2.81. The molecule has 0 bridgehead atoms. The molecule has 0 amide bonds. The van der Waals surface area contributed by atoms with Crippen molar-refractivity contribution in [1.82, 2.24) is 9.55 Å². The fourth-order valence-corrected chi connectivity index (χ4v) is 2.48. The van der Waals surface area contributed by atoms with E-state index >= 15 is 0 Å². The van der Waals surface area contributed by atoms with Crippen LogP contribution in [0.2, 0.25) is 0 Å². The molecule has 0 aliphatic heterocycles. The van der Waals surface area contributed by atoms with E-state index in [0.717, 1.165) is 23.0 Å². The molecule has 0 aliphatic rings. The van der Waals surface area contributed by atoms with Gasteiger partial charge in [-0.05, 0) is 36.7 Å². The molecule has 20 heavy (non-hydrogen) atoms. The Morgan fingerprint density at radius 1 is 1.10 bits per heavy atom. The molecule has 3 nitrogen and oxygen atoms in total. The number of hydrogen-bond acceptors (Lipinski definition) is 2. The number of nitrogens with zero attached hydrogens (tertiary/aromatic N) is 2. The highest BCUT2D eigenvalue weighted by atomic mass is 19.1. The first-order valence-electron chi connectivity index (χ1n) is 6.66. The van der Waals surface area contributed by atoms with Gasteiger partial charge in [-0.2, -0.15) is 0 Å². The lowest BCUT2D eigenvalue weighted by Crippen LogP contribution is -2.03. The molecular weight excluding hydrogens is 253 g/mol. The van der Waals surface area contributed by atoms with Crippen molar-refractivity contribution in [1.29, 1.82) is 0 Å². The summed E-state index contributed by atoms with van der Waals surface area (Å²) in [5.74, 6) is -0.189. The second-order valence-corrected chi connectivity index (χ2v) is 4.79. The quantitative estimate of drug-likeness (QED) is 0.791. The van der Waals surface area contributed by atoms with Crippen LogP contribution in [0.4, 0.5) is 4.39 Å². The summed E-state index contributed by atoms with van der Waals surface area (Å²) in [5.41, 5.74) is 8.34. The Labute approximate surface area is 116 Å². The highest BCUT2D eigenvalue weighted by Gasteiger charge is 2.10. The number of pyridine rings is 1. The van der Waals surface area contributed by atoms with Crippen molar-refractivity contribution >= 4 is 11.0 Å². The second kappa shape index (κ2) is 5.43. The van der Waals surface area contributed by atoms with E-state index in [2.05, 4.69) is 4.98 Å². The zero-order valence-corrected chi connectivity index (χ0v) is 11.1. The summed E-state index contributed by atoms with van der Waals surface area (Å²) < 4.78 is 15.8. The molecule has 2 aromatic heterocycles. The van der Waals surface area contributed by atoms with Crippen molar-refractivity contribution in [2.75, 3.05) is 6.54 Å². The van der Waals surface area contributed by atoms with Gasteiger partial charge in [0.25, 0.3) is 0 Å². The minimum Gasteiger partial charge on any atom is -0.330 e. The molecule has 0 spiro atoms. The monoisotopic (exact) mass is 269 g/mol. The van der Waals surface area contributed by atoms with E-state index in [4.69, 9.17) is 5.73 Å². The third-order valence-corrected chi connectivity index (χ3v) is 3.43. The lowest BCUT2D eigenvalue weighted by Gasteiger charge is -2.05. The smallest absolute Gasteiger partial charge is 0.140 e. The molecule has 0 fully saturated rings. The fraction of sp³-hybridized carbons (Fsp3) is 0.188. The maximum atomic E-state index is 13.8. The highest BCUT2D eigenvalue weighted by molar-refractivity contribution is 5.80. The molecule has 3 rings (SSSR count). The standard InChI is InChI=1S/C16H16FN3/c17-15-6-2-1-4-13(15)11-20-10-12(7-8-18)14-5-3-9-19-16(14)20/h1-6,9-10H,7-8,11,18H2. The van der Waals surface area contributed by atoms with Crippen LogP contribution in [0.5, 0.6) is 0 Å². The van der Waals surface area contributed by atoms with E-state index in [9.17, 15) is 4.39 Å². The number of aromatic nitrogens is 2. The number of nitrogens with two attached hydrogens (primary N) is 1. The van der Waals surface area contributed by atoms with Crippen LogP contribution in [0.1, 0.15) is 11.1 Å². The Kier molecular flexibility index (Phi) is 3.48. The van der Waals surface area contributed by atoms with Gasteiger partial charge in [-0.1, -0.05) is 18.2 Å². The van der Waals surface area contributed by atoms with Crippen LogP contribution in [0.25, 0.3) is 11.0 Å². The average molecular weight is 269 g/mol.